The van der Waals surface area contributed by atoms with Gasteiger partial charge in [0, 0.05) is 6.54 Å². The standard InChI is InChI=1S/C16H25NO4/c18-15(13-8-4-5-9-14(13)16(19)20)17-10-11-21-12-6-2-1-3-7-12/h4-5,12-14H,1-3,6-11H2,(H,17,18)(H,19,20)/t13-,14+/m1/s1. The third kappa shape index (κ3) is 4.84. The number of amides is 1. The molecule has 2 N–H and O–H groups in total. The Morgan fingerprint density at radius 2 is 1.76 bits per heavy atom. The normalized spacial score (nSPS) is 26.5. The molecule has 0 saturated heterocycles. The van der Waals surface area contributed by atoms with Crippen LogP contribution in [0.3, 0.4) is 0 Å². The minimum atomic E-state index is -0.891. The van der Waals surface area contributed by atoms with Gasteiger partial charge in [-0.15, -0.1) is 0 Å². The number of hydrogen-bond donors (Lipinski definition) is 2. The highest BCUT2D eigenvalue weighted by Crippen LogP contribution is 2.26. The molecule has 1 fully saturated rings. The third-order valence-electron chi connectivity index (χ3n) is 4.39. The van der Waals surface area contributed by atoms with Crippen molar-refractivity contribution in [1.29, 1.82) is 0 Å². The summed E-state index contributed by atoms with van der Waals surface area (Å²) in [5.41, 5.74) is 0. The molecule has 0 unspecified atom stereocenters. The van der Waals surface area contributed by atoms with Gasteiger partial charge in [0.25, 0.3) is 0 Å². The topological polar surface area (TPSA) is 75.6 Å². The highest BCUT2D eigenvalue weighted by Gasteiger charge is 2.33. The van der Waals surface area contributed by atoms with Crippen molar-refractivity contribution < 1.29 is 19.4 Å². The lowest BCUT2D eigenvalue weighted by Crippen LogP contribution is -2.40. The first-order valence-electron chi connectivity index (χ1n) is 7.95. The molecule has 118 valence electrons. The van der Waals surface area contributed by atoms with E-state index >= 15 is 0 Å². The summed E-state index contributed by atoms with van der Waals surface area (Å²) in [6, 6.07) is 0. The van der Waals surface area contributed by atoms with Crippen LogP contribution in [-0.2, 0) is 14.3 Å². The molecule has 0 aromatic heterocycles. The molecule has 0 aliphatic heterocycles. The Labute approximate surface area is 125 Å². The van der Waals surface area contributed by atoms with E-state index in [0.717, 1.165) is 12.8 Å². The van der Waals surface area contributed by atoms with Crippen LogP contribution in [0.5, 0.6) is 0 Å². The van der Waals surface area contributed by atoms with Gasteiger partial charge in [0.1, 0.15) is 0 Å². The van der Waals surface area contributed by atoms with Crippen molar-refractivity contribution in [1.82, 2.24) is 5.32 Å². The molecule has 1 saturated carbocycles. The van der Waals surface area contributed by atoms with Gasteiger partial charge in [-0.05, 0) is 25.7 Å². The van der Waals surface area contributed by atoms with Gasteiger partial charge in [-0.1, -0.05) is 31.4 Å². The number of ether oxygens (including phenoxy) is 1. The number of carbonyl (C=O) groups is 2. The van der Waals surface area contributed by atoms with E-state index in [0.29, 0.717) is 32.1 Å². The predicted molar refractivity (Wildman–Crippen MR) is 78.8 cm³/mol. The number of rotatable bonds is 6. The second-order valence-corrected chi connectivity index (χ2v) is 5.92. The number of nitrogens with one attached hydrogen (secondary N) is 1. The fourth-order valence-electron chi connectivity index (χ4n) is 3.14. The summed E-state index contributed by atoms with van der Waals surface area (Å²) in [5, 5.41) is 12.0. The first-order chi connectivity index (χ1) is 10.2. The molecule has 2 atom stereocenters. The van der Waals surface area contributed by atoms with Crippen LogP contribution < -0.4 is 5.32 Å². The number of carboxylic acid groups (broad SMARTS) is 1. The quantitative estimate of drug-likeness (QED) is 0.581. The molecule has 0 aromatic rings. The lowest BCUT2D eigenvalue weighted by atomic mass is 9.82. The first kappa shape index (κ1) is 16.0. The fraction of sp³-hybridized carbons (Fsp3) is 0.750. The van der Waals surface area contributed by atoms with Crippen molar-refractivity contribution in [2.75, 3.05) is 13.2 Å². The largest absolute Gasteiger partial charge is 0.481 e. The zero-order valence-corrected chi connectivity index (χ0v) is 12.4. The van der Waals surface area contributed by atoms with Gasteiger partial charge in [0.2, 0.25) is 5.91 Å². The molecule has 21 heavy (non-hydrogen) atoms. The van der Waals surface area contributed by atoms with E-state index in [9.17, 15) is 9.59 Å². The Kier molecular flexibility index (Phi) is 6.23. The van der Waals surface area contributed by atoms with Crippen molar-refractivity contribution >= 4 is 11.9 Å². The van der Waals surface area contributed by atoms with Crippen LogP contribution >= 0.6 is 0 Å². The third-order valence-corrected chi connectivity index (χ3v) is 4.39. The predicted octanol–water partition coefficient (Wildman–Crippen LogP) is 2.12. The van der Waals surface area contributed by atoms with Crippen LogP contribution in [0.2, 0.25) is 0 Å². The zero-order chi connectivity index (χ0) is 15.1. The minimum Gasteiger partial charge on any atom is -0.481 e. The van der Waals surface area contributed by atoms with Gasteiger partial charge in [-0.3, -0.25) is 9.59 Å². The fourth-order valence-corrected chi connectivity index (χ4v) is 3.14. The van der Waals surface area contributed by atoms with Crippen molar-refractivity contribution in [2.24, 2.45) is 11.8 Å². The van der Waals surface area contributed by atoms with Crippen LogP contribution in [0.4, 0.5) is 0 Å². The van der Waals surface area contributed by atoms with Crippen molar-refractivity contribution in [3.63, 3.8) is 0 Å². The molecule has 0 radical (unpaired) electrons. The maximum Gasteiger partial charge on any atom is 0.307 e. The molecule has 0 heterocycles. The maximum atomic E-state index is 12.1. The van der Waals surface area contributed by atoms with Crippen LogP contribution in [0.25, 0.3) is 0 Å². The summed E-state index contributed by atoms with van der Waals surface area (Å²) < 4.78 is 5.75. The maximum absolute atomic E-state index is 12.1. The molecule has 0 spiro atoms. The summed E-state index contributed by atoms with van der Waals surface area (Å²) in [7, 11) is 0. The van der Waals surface area contributed by atoms with E-state index in [4.69, 9.17) is 9.84 Å². The number of allylic oxidation sites excluding steroid dienone is 2. The van der Waals surface area contributed by atoms with Crippen LogP contribution in [0.15, 0.2) is 12.2 Å². The number of carbonyl (C=O) groups excluding carboxylic acids is 1. The van der Waals surface area contributed by atoms with E-state index in [-0.39, 0.29) is 5.91 Å². The van der Waals surface area contributed by atoms with Crippen LogP contribution in [-0.4, -0.2) is 36.2 Å². The summed E-state index contributed by atoms with van der Waals surface area (Å²) in [6.07, 6.45) is 11.0. The zero-order valence-electron chi connectivity index (χ0n) is 12.4. The molecule has 0 aromatic carbocycles. The van der Waals surface area contributed by atoms with E-state index in [2.05, 4.69) is 5.32 Å². The first-order valence-corrected chi connectivity index (χ1v) is 7.95. The van der Waals surface area contributed by atoms with E-state index in [1.807, 2.05) is 12.2 Å². The summed E-state index contributed by atoms with van der Waals surface area (Å²) in [5.74, 6) is -2.12. The Balaban J connectivity index is 1.68. The monoisotopic (exact) mass is 295 g/mol. The Morgan fingerprint density at radius 1 is 1.10 bits per heavy atom. The molecule has 2 rings (SSSR count). The molecular weight excluding hydrogens is 270 g/mol. The summed E-state index contributed by atoms with van der Waals surface area (Å²) in [6.45, 7) is 0.971. The number of aliphatic carboxylic acids is 1. The van der Waals surface area contributed by atoms with Crippen LogP contribution in [0, 0.1) is 11.8 Å². The summed E-state index contributed by atoms with van der Waals surface area (Å²) >= 11 is 0. The highest BCUT2D eigenvalue weighted by atomic mass is 16.5. The minimum absolute atomic E-state index is 0.168. The molecular formula is C16H25NO4. The Morgan fingerprint density at radius 3 is 2.43 bits per heavy atom. The van der Waals surface area contributed by atoms with Gasteiger partial charge < -0.3 is 15.2 Å². The van der Waals surface area contributed by atoms with Gasteiger partial charge >= 0.3 is 5.97 Å². The molecule has 2 aliphatic carbocycles. The molecule has 5 heteroatoms. The Bertz CT molecular complexity index is 388. The number of carboxylic acids is 1. The smallest absolute Gasteiger partial charge is 0.307 e. The molecule has 1 amide bonds. The van der Waals surface area contributed by atoms with Crippen LogP contribution in [0.1, 0.15) is 44.9 Å². The summed E-state index contributed by atoms with van der Waals surface area (Å²) in [4.78, 5) is 23.3. The lowest BCUT2D eigenvalue weighted by molar-refractivity contribution is -0.147. The van der Waals surface area contributed by atoms with Crippen molar-refractivity contribution in [2.45, 2.75) is 51.0 Å². The van der Waals surface area contributed by atoms with E-state index < -0.39 is 17.8 Å². The van der Waals surface area contributed by atoms with Crippen molar-refractivity contribution in [3.8, 4) is 0 Å². The van der Waals surface area contributed by atoms with E-state index in [1.165, 1.54) is 19.3 Å². The van der Waals surface area contributed by atoms with Crippen molar-refractivity contribution in [3.05, 3.63) is 12.2 Å². The number of hydrogen-bond acceptors (Lipinski definition) is 3. The van der Waals surface area contributed by atoms with Gasteiger partial charge in [-0.2, -0.15) is 0 Å². The Hall–Kier alpha value is -1.36. The average molecular weight is 295 g/mol. The second-order valence-electron chi connectivity index (χ2n) is 5.92. The molecule has 0 bridgehead atoms. The average Bonchev–Trinajstić information content (AvgIpc) is 2.52. The van der Waals surface area contributed by atoms with Gasteiger partial charge in [-0.25, -0.2) is 0 Å². The second kappa shape index (κ2) is 8.17. The lowest BCUT2D eigenvalue weighted by Gasteiger charge is -2.25. The molecule has 2 aliphatic rings. The van der Waals surface area contributed by atoms with E-state index in [1.54, 1.807) is 0 Å². The molecule has 5 nitrogen and oxygen atoms in total. The highest BCUT2D eigenvalue weighted by molar-refractivity contribution is 5.85. The van der Waals surface area contributed by atoms with Gasteiger partial charge in [0.05, 0.1) is 24.5 Å². The van der Waals surface area contributed by atoms with Gasteiger partial charge in [0.15, 0.2) is 0 Å². The SMILES string of the molecule is O=C(O)[C@H]1CC=CC[C@H]1C(=O)NCCOC1CCCCC1.